The van der Waals surface area contributed by atoms with Crippen LogP contribution in [0.15, 0.2) is 28.9 Å². The van der Waals surface area contributed by atoms with Crippen molar-refractivity contribution >= 4 is 28.8 Å². The minimum Gasteiger partial charge on any atom is -0.446 e. The third kappa shape index (κ3) is 2.97. The van der Waals surface area contributed by atoms with Crippen molar-refractivity contribution in [1.82, 2.24) is 9.97 Å². The fourth-order valence-electron chi connectivity index (χ4n) is 2.57. The Labute approximate surface area is 144 Å². The van der Waals surface area contributed by atoms with E-state index in [9.17, 15) is 0 Å². The fraction of sp³-hybridized carbons (Fsp3) is 0.167. The zero-order chi connectivity index (χ0) is 17.3. The molecule has 3 rings (SSSR count). The number of hydrogen-bond acceptors (Lipinski definition) is 5. The van der Waals surface area contributed by atoms with Gasteiger partial charge in [-0.05, 0) is 67.3 Å². The van der Waals surface area contributed by atoms with Crippen LogP contribution in [0.5, 0.6) is 11.6 Å². The molecule has 0 spiro atoms. The van der Waals surface area contributed by atoms with E-state index in [0.29, 0.717) is 22.7 Å². The third-order valence-corrected chi connectivity index (χ3v) is 3.76. The van der Waals surface area contributed by atoms with Crippen molar-refractivity contribution in [3.8, 4) is 17.7 Å². The van der Waals surface area contributed by atoms with E-state index in [1.54, 1.807) is 12.3 Å². The van der Waals surface area contributed by atoms with Crippen LogP contribution in [0.4, 0.5) is 0 Å². The molecule has 0 radical (unpaired) electrons. The van der Waals surface area contributed by atoms with Gasteiger partial charge in [-0.15, -0.1) is 0 Å². The zero-order valence-electron chi connectivity index (χ0n) is 13.4. The molecule has 2 heterocycles. The third-order valence-electron chi connectivity index (χ3n) is 3.59. The normalized spacial score (nSPS) is 11.1. The molecule has 120 valence electrons. The number of halogens is 1. The highest BCUT2D eigenvalue weighted by Crippen LogP contribution is 2.35. The second-order valence-electron chi connectivity index (χ2n) is 5.44. The number of nitriles is 1. The Morgan fingerprint density at radius 3 is 2.54 bits per heavy atom. The van der Waals surface area contributed by atoms with Gasteiger partial charge in [0.05, 0.1) is 12.3 Å². The molecule has 0 amide bonds. The second kappa shape index (κ2) is 6.34. The molecule has 6 heteroatoms. The van der Waals surface area contributed by atoms with Crippen LogP contribution in [-0.2, 0) is 0 Å². The van der Waals surface area contributed by atoms with Crippen molar-refractivity contribution < 1.29 is 9.15 Å². The quantitative estimate of drug-likeness (QED) is 0.488. The van der Waals surface area contributed by atoms with Gasteiger partial charge in [0.25, 0.3) is 0 Å². The predicted octanol–water partition coefficient (Wildman–Crippen LogP) is 5.13. The summed E-state index contributed by atoms with van der Waals surface area (Å²) in [6.45, 7) is 5.77. The summed E-state index contributed by atoms with van der Waals surface area (Å²) in [5, 5.41) is 9.42. The number of rotatable bonds is 3. The van der Waals surface area contributed by atoms with Gasteiger partial charge in [-0.25, -0.2) is 0 Å². The first-order chi connectivity index (χ1) is 11.5. The van der Waals surface area contributed by atoms with Gasteiger partial charge in [-0.1, -0.05) is 0 Å². The molecule has 2 aromatic heterocycles. The van der Waals surface area contributed by atoms with Gasteiger partial charge >= 0.3 is 0 Å². The van der Waals surface area contributed by atoms with Crippen LogP contribution in [0.3, 0.4) is 0 Å². The minimum absolute atomic E-state index is 0.0655. The molecule has 0 unspecified atom stereocenters. The summed E-state index contributed by atoms with van der Waals surface area (Å²) >= 11 is 5.96. The zero-order valence-corrected chi connectivity index (χ0v) is 14.2. The Morgan fingerprint density at radius 1 is 1.17 bits per heavy atom. The molecule has 0 aliphatic carbocycles. The number of aromatic nitrogens is 2. The first-order valence-corrected chi connectivity index (χ1v) is 7.64. The number of fused-ring (bicyclic) bond motifs is 1. The average molecular weight is 340 g/mol. The molecular weight excluding hydrogens is 326 g/mol. The van der Waals surface area contributed by atoms with Gasteiger partial charge in [-0.3, -0.25) is 0 Å². The van der Waals surface area contributed by atoms with Gasteiger partial charge in [0.15, 0.2) is 0 Å². The number of benzene rings is 1. The maximum atomic E-state index is 8.65. The van der Waals surface area contributed by atoms with E-state index >= 15 is 0 Å². The molecule has 3 aromatic rings. The lowest BCUT2D eigenvalue weighted by Gasteiger charge is -2.13. The molecule has 0 fully saturated rings. The molecule has 24 heavy (non-hydrogen) atoms. The van der Waals surface area contributed by atoms with Gasteiger partial charge in [0, 0.05) is 11.6 Å². The number of aryl methyl sites for hydroxylation is 3. The maximum absolute atomic E-state index is 8.65. The van der Waals surface area contributed by atoms with E-state index in [1.165, 1.54) is 6.08 Å². The van der Waals surface area contributed by atoms with Gasteiger partial charge in [0.2, 0.25) is 16.9 Å². The van der Waals surface area contributed by atoms with Crippen LogP contribution in [0.25, 0.3) is 17.2 Å². The lowest BCUT2D eigenvalue weighted by atomic mass is 10.1. The Morgan fingerprint density at radius 2 is 1.88 bits per heavy atom. The van der Waals surface area contributed by atoms with Crippen LogP contribution in [0.2, 0.25) is 5.28 Å². The summed E-state index contributed by atoms with van der Waals surface area (Å²) in [5.74, 6) is 1.06. The lowest BCUT2D eigenvalue weighted by molar-refractivity contribution is 0.460. The van der Waals surface area contributed by atoms with E-state index in [2.05, 4.69) is 9.97 Å². The molecular formula is C18H14ClN3O2. The van der Waals surface area contributed by atoms with Crippen molar-refractivity contribution in [1.29, 1.82) is 5.26 Å². The molecule has 0 aliphatic rings. The SMILES string of the molecule is Cc1cc(/C=C/C#N)cc(C)c1Oc1nc(Cl)nc2occ(C)c12. The average Bonchev–Trinajstić information content (AvgIpc) is 2.89. The number of hydrogen-bond donors (Lipinski definition) is 0. The van der Waals surface area contributed by atoms with Crippen LogP contribution in [0.1, 0.15) is 22.3 Å². The Balaban J connectivity index is 2.08. The van der Waals surface area contributed by atoms with Crippen molar-refractivity contribution in [2.45, 2.75) is 20.8 Å². The second-order valence-corrected chi connectivity index (χ2v) is 5.78. The van der Waals surface area contributed by atoms with Crippen molar-refractivity contribution in [2.75, 3.05) is 0 Å². The first-order valence-electron chi connectivity index (χ1n) is 7.26. The highest BCUT2D eigenvalue weighted by Gasteiger charge is 2.16. The summed E-state index contributed by atoms with van der Waals surface area (Å²) in [5.41, 5.74) is 4.06. The van der Waals surface area contributed by atoms with Crippen LogP contribution >= 0.6 is 11.6 Å². The lowest BCUT2D eigenvalue weighted by Crippen LogP contribution is -1.96. The molecule has 5 nitrogen and oxygen atoms in total. The largest absolute Gasteiger partial charge is 0.446 e. The monoisotopic (exact) mass is 339 g/mol. The summed E-state index contributed by atoms with van der Waals surface area (Å²) < 4.78 is 11.4. The Bertz CT molecular complexity index is 976. The summed E-state index contributed by atoms with van der Waals surface area (Å²) in [4.78, 5) is 8.26. The molecule has 0 bridgehead atoms. The fourth-order valence-corrected chi connectivity index (χ4v) is 2.72. The standard InChI is InChI=1S/C18H14ClN3O2/c1-10-7-13(5-4-6-20)8-11(2)15(10)24-17-14-12(3)9-23-16(14)21-18(19)22-17/h4-5,7-9H,1-3H3/b5-4+. The smallest absolute Gasteiger partial charge is 0.235 e. The molecule has 0 saturated heterocycles. The van der Waals surface area contributed by atoms with Crippen LogP contribution in [0, 0.1) is 32.1 Å². The highest BCUT2D eigenvalue weighted by atomic mass is 35.5. The first kappa shape index (κ1) is 16.0. The van der Waals surface area contributed by atoms with E-state index in [0.717, 1.165) is 22.3 Å². The summed E-state index contributed by atoms with van der Waals surface area (Å²) in [6, 6.07) is 5.87. The predicted molar refractivity (Wildman–Crippen MR) is 92.2 cm³/mol. The van der Waals surface area contributed by atoms with E-state index < -0.39 is 0 Å². The molecule has 0 atom stereocenters. The number of allylic oxidation sites excluding steroid dienone is 1. The molecule has 1 aromatic carbocycles. The van der Waals surface area contributed by atoms with Crippen LogP contribution < -0.4 is 4.74 Å². The maximum Gasteiger partial charge on any atom is 0.235 e. The summed E-state index contributed by atoms with van der Waals surface area (Å²) in [7, 11) is 0. The van der Waals surface area contributed by atoms with Crippen LogP contribution in [-0.4, -0.2) is 9.97 Å². The number of nitrogens with zero attached hydrogens (tertiary/aromatic N) is 3. The Kier molecular flexibility index (Phi) is 4.24. The van der Waals surface area contributed by atoms with Gasteiger partial charge < -0.3 is 9.15 Å². The molecule has 0 aliphatic heterocycles. The number of furan rings is 1. The minimum atomic E-state index is 0.0655. The summed E-state index contributed by atoms with van der Waals surface area (Å²) in [6.07, 6.45) is 4.79. The van der Waals surface area contributed by atoms with Crippen molar-refractivity contribution in [3.63, 3.8) is 0 Å². The topological polar surface area (TPSA) is 71.9 Å². The molecule has 0 saturated carbocycles. The van der Waals surface area contributed by atoms with Crippen molar-refractivity contribution in [3.05, 3.63) is 52.0 Å². The van der Waals surface area contributed by atoms with Crippen molar-refractivity contribution in [2.24, 2.45) is 0 Å². The van der Waals surface area contributed by atoms with E-state index in [-0.39, 0.29) is 5.28 Å². The van der Waals surface area contributed by atoms with Gasteiger partial charge in [-0.2, -0.15) is 15.2 Å². The number of ether oxygens (including phenoxy) is 1. The highest BCUT2D eigenvalue weighted by molar-refractivity contribution is 6.28. The van der Waals surface area contributed by atoms with Gasteiger partial charge in [0.1, 0.15) is 11.1 Å². The molecule has 0 N–H and O–H groups in total. The van der Waals surface area contributed by atoms with E-state index in [1.807, 2.05) is 39.0 Å². The van der Waals surface area contributed by atoms with E-state index in [4.69, 9.17) is 26.0 Å². The Hall–Kier alpha value is -2.84.